The zero-order valence-electron chi connectivity index (χ0n) is 9.19. The first-order valence-electron chi connectivity index (χ1n) is 4.84. The number of nitrogens with zero attached hydrogens (tertiary/aromatic N) is 4. The van der Waals surface area contributed by atoms with Crippen LogP contribution in [0.5, 0.6) is 11.6 Å². The monoisotopic (exact) mass is 280 g/mol. The standard InChI is InChI=1S/C11H6Cl2N4O/c1-6-2-3-7(5-14)4-8(6)18-10-9(12)16-17-11(13)15-10/h2-4H,1H3. The van der Waals surface area contributed by atoms with Gasteiger partial charge in [-0.05, 0) is 36.2 Å². The normalized spacial score (nSPS) is 9.89. The van der Waals surface area contributed by atoms with Crippen LogP contribution in [0.2, 0.25) is 10.4 Å². The Morgan fingerprint density at radius 2 is 2.06 bits per heavy atom. The van der Waals surface area contributed by atoms with E-state index in [1.807, 2.05) is 13.0 Å². The summed E-state index contributed by atoms with van der Waals surface area (Å²) in [6.45, 7) is 1.83. The van der Waals surface area contributed by atoms with E-state index < -0.39 is 0 Å². The van der Waals surface area contributed by atoms with E-state index in [0.29, 0.717) is 11.3 Å². The molecule has 0 aliphatic heterocycles. The van der Waals surface area contributed by atoms with Gasteiger partial charge < -0.3 is 4.74 Å². The van der Waals surface area contributed by atoms with Crippen molar-refractivity contribution in [2.75, 3.05) is 0 Å². The molecule has 2 aromatic rings. The topological polar surface area (TPSA) is 71.7 Å². The molecule has 5 nitrogen and oxygen atoms in total. The summed E-state index contributed by atoms with van der Waals surface area (Å²) in [5.41, 5.74) is 1.31. The number of halogens is 2. The first kappa shape index (κ1) is 12.6. The Morgan fingerprint density at radius 3 is 2.78 bits per heavy atom. The van der Waals surface area contributed by atoms with E-state index in [9.17, 15) is 0 Å². The maximum Gasteiger partial charge on any atom is 0.262 e. The molecule has 0 spiro atoms. The first-order valence-corrected chi connectivity index (χ1v) is 5.60. The van der Waals surface area contributed by atoms with E-state index >= 15 is 0 Å². The van der Waals surface area contributed by atoms with Crippen molar-refractivity contribution in [3.05, 3.63) is 39.8 Å². The molecular weight excluding hydrogens is 275 g/mol. The van der Waals surface area contributed by atoms with Crippen molar-refractivity contribution in [3.8, 4) is 17.7 Å². The largest absolute Gasteiger partial charge is 0.436 e. The lowest BCUT2D eigenvalue weighted by molar-refractivity contribution is 0.454. The fourth-order valence-electron chi connectivity index (χ4n) is 1.23. The molecule has 0 atom stereocenters. The van der Waals surface area contributed by atoms with E-state index in [1.54, 1.807) is 18.2 Å². The molecule has 1 aromatic heterocycles. The van der Waals surface area contributed by atoms with Crippen molar-refractivity contribution in [1.29, 1.82) is 5.26 Å². The maximum atomic E-state index is 8.83. The molecule has 0 amide bonds. The number of nitriles is 1. The zero-order valence-corrected chi connectivity index (χ0v) is 10.7. The molecule has 7 heteroatoms. The summed E-state index contributed by atoms with van der Waals surface area (Å²) < 4.78 is 5.48. The second-order valence-corrected chi connectivity index (χ2v) is 4.07. The fourth-order valence-corrected chi connectivity index (χ4v) is 1.46. The number of aryl methyl sites for hydroxylation is 1. The predicted octanol–water partition coefficient (Wildman–Crippen LogP) is 3.15. The molecule has 18 heavy (non-hydrogen) atoms. The highest BCUT2D eigenvalue weighted by Crippen LogP contribution is 2.28. The van der Waals surface area contributed by atoms with Crippen LogP contribution in [0.15, 0.2) is 18.2 Å². The average Bonchev–Trinajstić information content (AvgIpc) is 2.36. The smallest absolute Gasteiger partial charge is 0.262 e. The Bertz CT molecular complexity index is 639. The van der Waals surface area contributed by atoms with Gasteiger partial charge in [0, 0.05) is 0 Å². The molecule has 0 fully saturated rings. The molecule has 1 aromatic carbocycles. The summed E-state index contributed by atoms with van der Waals surface area (Å²) >= 11 is 11.4. The summed E-state index contributed by atoms with van der Waals surface area (Å²) in [4.78, 5) is 3.82. The van der Waals surface area contributed by atoms with Gasteiger partial charge in [0.2, 0.25) is 10.4 Å². The molecule has 90 valence electrons. The van der Waals surface area contributed by atoms with Crippen LogP contribution in [0.4, 0.5) is 0 Å². The van der Waals surface area contributed by atoms with Gasteiger partial charge in [0.05, 0.1) is 11.6 Å². The van der Waals surface area contributed by atoms with Crippen LogP contribution in [0.25, 0.3) is 0 Å². The van der Waals surface area contributed by atoms with E-state index in [0.717, 1.165) is 5.56 Å². The molecule has 0 saturated heterocycles. The van der Waals surface area contributed by atoms with Gasteiger partial charge in [-0.3, -0.25) is 0 Å². The van der Waals surface area contributed by atoms with Gasteiger partial charge in [0.1, 0.15) is 5.75 Å². The third-order valence-electron chi connectivity index (χ3n) is 2.11. The number of rotatable bonds is 2. The Hall–Kier alpha value is -1.90. The summed E-state index contributed by atoms with van der Waals surface area (Å²) in [7, 11) is 0. The summed E-state index contributed by atoms with van der Waals surface area (Å²) in [5.74, 6) is 0.516. The van der Waals surface area contributed by atoms with Crippen molar-refractivity contribution < 1.29 is 4.74 Å². The van der Waals surface area contributed by atoms with Crippen LogP contribution in [0, 0.1) is 18.3 Å². The van der Waals surface area contributed by atoms with E-state index in [1.165, 1.54) is 0 Å². The van der Waals surface area contributed by atoms with Crippen LogP contribution < -0.4 is 4.74 Å². The number of hydrogen-bond acceptors (Lipinski definition) is 5. The molecule has 0 aliphatic carbocycles. The summed E-state index contributed by atoms with van der Waals surface area (Å²) in [6.07, 6.45) is 0. The van der Waals surface area contributed by atoms with Gasteiger partial charge >= 0.3 is 0 Å². The number of benzene rings is 1. The van der Waals surface area contributed by atoms with Crippen molar-refractivity contribution in [2.45, 2.75) is 6.92 Å². The summed E-state index contributed by atoms with van der Waals surface area (Å²) in [6, 6.07) is 7.06. The minimum absolute atomic E-state index is 0.00107. The molecule has 0 saturated carbocycles. The van der Waals surface area contributed by atoms with Crippen LogP contribution in [-0.4, -0.2) is 15.2 Å². The summed E-state index contributed by atoms with van der Waals surface area (Å²) in [5, 5.41) is 15.8. The highest BCUT2D eigenvalue weighted by Gasteiger charge is 2.10. The molecule has 0 radical (unpaired) electrons. The lowest BCUT2D eigenvalue weighted by Gasteiger charge is -2.08. The van der Waals surface area contributed by atoms with Crippen molar-refractivity contribution in [3.63, 3.8) is 0 Å². The molecular formula is C11H6Cl2N4O. The third kappa shape index (κ3) is 2.67. The Labute approximate surface area is 113 Å². The SMILES string of the molecule is Cc1ccc(C#N)cc1Oc1nc(Cl)nnc1Cl. The number of ether oxygens (including phenoxy) is 1. The van der Waals surface area contributed by atoms with Gasteiger partial charge in [-0.15, -0.1) is 10.2 Å². The third-order valence-corrected chi connectivity index (χ3v) is 2.51. The molecule has 1 heterocycles. The van der Waals surface area contributed by atoms with Crippen LogP contribution in [-0.2, 0) is 0 Å². The van der Waals surface area contributed by atoms with Crippen LogP contribution >= 0.6 is 23.2 Å². The van der Waals surface area contributed by atoms with Gasteiger partial charge in [0.15, 0.2) is 0 Å². The van der Waals surface area contributed by atoms with E-state index in [2.05, 4.69) is 15.2 Å². The maximum absolute atomic E-state index is 8.83. The highest BCUT2D eigenvalue weighted by molar-refractivity contribution is 6.31. The lowest BCUT2D eigenvalue weighted by atomic mass is 10.1. The van der Waals surface area contributed by atoms with Crippen LogP contribution in [0.3, 0.4) is 0 Å². The molecule has 0 N–H and O–H groups in total. The highest BCUT2D eigenvalue weighted by atomic mass is 35.5. The van der Waals surface area contributed by atoms with Gasteiger partial charge in [-0.2, -0.15) is 10.2 Å². The number of aromatic nitrogens is 3. The minimum Gasteiger partial charge on any atom is -0.436 e. The Morgan fingerprint density at radius 1 is 1.28 bits per heavy atom. The minimum atomic E-state index is -0.0662. The lowest BCUT2D eigenvalue weighted by Crippen LogP contribution is -1.96. The van der Waals surface area contributed by atoms with Crippen molar-refractivity contribution in [1.82, 2.24) is 15.2 Å². The van der Waals surface area contributed by atoms with Crippen LogP contribution in [0.1, 0.15) is 11.1 Å². The Balaban J connectivity index is 2.39. The Kier molecular flexibility index (Phi) is 3.60. The van der Waals surface area contributed by atoms with Gasteiger partial charge in [-0.25, -0.2) is 0 Å². The van der Waals surface area contributed by atoms with E-state index in [4.69, 9.17) is 33.2 Å². The second-order valence-electron chi connectivity index (χ2n) is 3.37. The average molecular weight is 281 g/mol. The molecule has 2 rings (SSSR count). The van der Waals surface area contributed by atoms with Gasteiger partial charge in [0.25, 0.3) is 5.88 Å². The zero-order chi connectivity index (χ0) is 13.1. The molecule has 0 aliphatic rings. The quantitative estimate of drug-likeness (QED) is 0.845. The molecule has 0 unspecified atom stereocenters. The van der Waals surface area contributed by atoms with Gasteiger partial charge in [-0.1, -0.05) is 17.7 Å². The molecule has 0 bridgehead atoms. The predicted molar refractivity (Wildman–Crippen MR) is 65.8 cm³/mol. The van der Waals surface area contributed by atoms with Crippen molar-refractivity contribution >= 4 is 23.2 Å². The first-order chi connectivity index (χ1) is 8.60. The van der Waals surface area contributed by atoms with E-state index in [-0.39, 0.29) is 16.3 Å². The van der Waals surface area contributed by atoms with Crippen molar-refractivity contribution in [2.24, 2.45) is 0 Å². The second kappa shape index (κ2) is 5.17. The number of hydrogen-bond donors (Lipinski definition) is 0. The fraction of sp³-hybridized carbons (Fsp3) is 0.0909.